The molecule has 0 saturated carbocycles. The van der Waals surface area contributed by atoms with Gasteiger partial charge in [-0.05, 0) is 37.1 Å². The second-order valence-corrected chi connectivity index (χ2v) is 8.08. The van der Waals surface area contributed by atoms with Crippen LogP contribution in [0, 0.1) is 5.92 Å². The van der Waals surface area contributed by atoms with Crippen molar-refractivity contribution in [1.29, 1.82) is 0 Å². The molecule has 1 fully saturated rings. The number of benzene rings is 1. The summed E-state index contributed by atoms with van der Waals surface area (Å²) in [5.41, 5.74) is 0.507. The largest absolute Gasteiger partial charge is 0.342 e. The summed E-state index contributed by atoms with van der Waals surface area (Å²) in [6.45, 7) is 2.92. The SMILES string of the molecule is CCC(=O)N1CCCC(C(=O)Nc2ccc(S(=O)(=O)N(C)OC)cc2)C1. The lowest BCUT2D eigenvalue weighted by molar-refractivity contribution is -0.134. The van der Waals surface area contributed by atoms with Gasteiger partial charge in [0.1, 0.15) is 0 Å². The summed E-state index contributed by atoms with van der Waals surface area (Å²) >= 11 is 0. The van der Waals surface area contributed by atoms with Gasteiger partial charge in [0.2, 0.25) is 11.8 Å². The van der Waals surface area contributed by atoms with Gasteiger partial charge in [0.25, 0.3) is 10.0 Å². The Morgan fingerprint density at radius 3 is 2.54 bits per heavy atom. The van der Waals surface area contributed by atoms with E-state index in [-0.39, 0.29) is 22.6 Å². The first-order valence-electron chi connectivity index (χ1n) is 8.51. The molecular formula is C17H25N3O5S. The molecule has 0 radical (unpaired) electrons. The molecule has 1 aromatic rings. The first-order chi connectivity index (χ1) is 12.3. The molecule has 1 N–H and O–H groups in total. The number of hydrogen-bond donors (Lipinski definition) is 1. The molecule has 1 saturated heterocycles. The highest BCUT2D eigenvalue weighted by Crippen LogP contribution is 2.21. The van der Waals surface area contributed by atoms with E-state index in [0.717, 1.165) is 17.3 Å². The van der Waals surface area contributed by atoms with E-state index in [1.54, 1.807) is 4.90 Å². The number of nitrogens with one attached hydrogen (secondary N) is 1. The van der Waals surface area contributed by atoms with Gasteiger partial charge in [0.15, 0.2) is 0 Å². The first-order valence-corrected chi connectivity index (χ1v) is 9.95. The number of hydroxylamine groups is 1. The Balaban J connectivity index is 2.02. The average molecular weight is 383 g/mol. The highest BCUT2D eigenvalue weighted by Gasteiger charge is 2.28. The number of carbonyl (C=O) groups excluding carboxylic acids is 2. The van der Waals surface area contributed by atoms with Crippen LogP contribution in [0.1, 0.15) is 26.2 Å². The summed E-state index contributed by atoms with van der Waals surface area (Å²) in [6.07, 6.45) is 1.95. The summed E-state index contributed by atoms with van der Waals surface area (Å²) < 4.78 is 25.1. The van der Waals surface area contributed by atoms with E-state index in [1.165, 1.54) is 38.4 Å². The molecule has 8 nitrogen and oxygen atoms in total. The number of anilines is 1. The summed E-state index contributed by atoms with van der Waals surface area (Å²) in [4.78, 5) is 30.8. The number of carbonyl (C=O) groups is 2. The van der Waals surface area contributed by atoms with Gasteiger partial charge >= 0.3 is 0 Å². The lowest BCUT2D eigenvalue weighted by atomic mass is 9.96. The van der Waals surface area contributed by atoms with Crippen molar-refractivity contribution >= 4 is 27.5 Å². The maximum Gasteiger partial charge on any atom is 0.264 e. The van der Waals surface area contributed by atoms with Crippen LogP contribution in [0.3, 0.4) is 0 Å². The molecule has 26 heavy (non-hydrogen) atoms. The van der Waals surface area contributed by atoms with Crippen molar-refractivity contribution in [1.82, 2.24) is 9.37 Å². The Bertz CT molecular complexity index is 748. The normalized spacial score (nSPS) is 18.0. The van der Waals surface area contributed by atoms with Crippen molar-refractivity contribution in [2.45, 2.75) is 31.1 Å². The zero-order chi connectivity index (χ0) is 19.3. The Hall–Kier alpha value is -1.97. The number of nitrogens with zero attached hydrogens (tertiary/aromatic N) is 2. The van der Waals surface area contributed by atoms with Gasteiger partial charge in [0, 0.05) is 32.2 Å². The third-order valence-electron chi connectivity index (χ3n) is 4.46. The van der Waals surface area contributed by atoms with Crippen molar-refractivity contribution in [2.75, 3.05) is 32.6 Å². The molecule has 2 amide bonds. The summed E-state index contributed by atoms with van der Waals surface area (Å²) in [5, 5.41) is 2.79. The molecule has 1 atom stereocenters. The summed E-state index contributed by atoms with van der Waals surface area (Å²) in [7, 11) is -1.15. The van der Waals surface area contributed by atoms with Crippen LogP contribution in [0.2, 0.25) is 0 Å². The molecule has 0 aliphatic carbocycles. The second-order valence-electron chi connectivity index (χ2n) is 6.14. The van der Waals surface area contributed by atoms with Crippen molar-refractivity contribution in [2.24, 2.45) is 5.92 Å². The average Bonchev–Trinajstić information content (AvgIpc) is 2.67. The van der Waals surface area contributed by atoms with Gasteiger partial charge in [-0.15, -0.1) is 0 Å². The van der Waals surface area contributed by atoms with Crippen LogP contribution in [-0.4, -0.2) is 56.8 Å². The lowest BCUT2D eigenvalue weighted by Crippen LogP contribution is -2.43. The standard InChI is InChI=1S/C17H25N3O5S/c1-4-16(21)20-11-5-6-13(12-20)17(22)18-14-7-9-15(10-8-14)26(23,24)19(2)25-3/h7-10,13H,4-6,11-12H2,1-3H3,(H,18,22). The predicted molar refractivity (Wildman–Crippen MR) is 96.6 cm³/mol. The minimum atomic E-state index is -3.72. The smallest absolute Gasteiger partial charge is 0.264 e. The molecule has 144 valence electrons. The molecule has 1 aromatic carbocycles. The molecule has 2 rings (SSSR count). The number of rotatable bonds is 6. The molecule has 1 aliphatic heterocycles. The molecule has 1 unspecified atom stereocenters. The molecule has 0 spiro atoms. The zero-order valence-electron chi connectivity index (χ0n) is 15.3. The van der Waals surface area contributed by atoms with Gasteiger partial charge < -0.3 is 10.2 Å². The van der Waals surface area contributed by atoms with Crippen molar-refractivity contribution in [3.05, 3.63) is 24.3 Å². The minimum absolute atomic E-state index is 0.0549. The monoisotopic (exact) mass is 383 g/mol. The van der Waals surface area contributed by atoms with Crippen LogP contribution in [0.15, 0.2) is 29.2 Å². The third-order valence-corrected chi connectivity index (χ3v) is 6.16. The quantitative estimate of drug-likeness (QED) is 0.750. The number of hydrogen-bond acceptors (Lipinski definition) is 5. The maximum absolute atomic E-state index is 12.5. The van der Waals surface area contributed by atoms with Gasteiger partial charge in [0.05, 0.1) is 17.9 Å². The zero-order valence-corrected chi connectivity index (χ0v) is 16.1. The lowest BCUT2D eigenvalue weighted by Gasteiger charge is -2.31. The molecule has 0 aromatic heterocycles. The molecule has 1 aliphatic rings. The van der Waals surface area contributed by atoms with Crippen LogP contribution in [0.4, 0.5) is 5.69 Å². The molecule has 0 bridgehead atoms. The van der Waals surface area contributed by atoms with Gasteiger partial charge in [-0.3, -0.25) is 14.4 Å². The van der Waals surface area contributed by atoms with E-state index >= 15 is 0 Å². The summed E-state index contributed by atoms with van der Waals surface area (Å²) in [5.74, 6) is -0.371. The number of amides is 2. The first kappa shape index (κ1) is 20.3. The van der Waals surface area contributed by atoms with Crippen LogP contribution < -0.4 is 5.32 Å². The highest BCUT2D eigenvalue weighted by atomic mass is 32.2. The molecular weight excluding hydrogens is 358 g/mol. The van der Waals surface area contributed by atoms with Gasteiger partial charge in [-0.25, -0.2) is 8.42 Å². The number of piperidine rings is 1. The van der Waals surface area contributed by atoms with Crippen LogP contribution in [-0.2, 0) is 24.4 Å². The Kier molecular flexibility index (Phi) is 6.74. The maximum atomic E-state index is 12.5. The van der Waals surface area contributed by atoms with Crippen LogP contribution in [0.5, 0.6) is 0 Å². The fourth-order valence-electron chi connectivity index (χ4n) is 2.84. The molecule has 1 heterocycles. The fraction of sp³-hybridized carbons (Fsp3) is 0.529. The van der Waals surface area contributed by atoms with Gasteiger partial charge in [-0.1, -0.05) is 11.4 Å². The number of likely N-dealkylation sites (tertiary alicyclic amines) is 1. The Labute approximate surface area is 154 Å². The van der Waals surface area contributed by atoms with Crippen LogP contribution >= 0.6 is 0 Å². The topological polar surface area (TPSA) is 96.0 Å². The minimum Gasteiger partial charge on any atom is -0.342 e. The number of sulfonamides is 1. The van der Waals surface area contributed by atoms with E-state index in [0.29, 0.717) is 25.2 Å². The second kappa shape index (κ2) is 8.61. The Morgan fingerprint density at radius 1 is 1.31 bits per heavy atom. The van der Waals surface area contributed by atoms with E-state index < -0.39 is 10.0 Å². The van der Waals surface area contributed by atoms with Crippen molar-refractivity contribution in [3.8, 4) is 0 Å². The van der Waals surface area contributed by atoms with E-state index in [2.05, 4.69) is 5.32 Å². The van der Waals surface area contributed by atoms with E-state index in [9.17, 15) is 18.0 Å². The third kappa shape index (κ3) is 4.60. The fourth-order valence-corrected chi connectivity index (χ4v) is 3.82. The van der Waals surface area contributed by atoms with E-state index in [4.69, 9.17) is 4.84 Å². The molecule has 9 heteroatoms. The van der Waals surface area contributed by atoms with Crippen LogP contribution in [0.25, 0.3) is 0 Å². The van der Waals surface area contributed by atoms with Crippen molar-refractivity contribution in [3.63, 3.8) is 0 Å². The Morgan fingerprint density at radius 2 is 1.96 bits per heavy atom. The summed E-state index contributed by atoms with van der Waals surface area (Å²) in [6, 6.07) is 5.89. The highest BCUT2D eigenvalue weighted by molar-refractivity contribution is 7.89. The van der Waals surface area contributed by atoms with Crippen molar-refractivity contribution < 1.29 is 22.8 Å². The van der Waals surface area contributed by atoms with Gasteiger partial charge in [-0.2, -0.15) is 0 Å². The predicted octanol–water partition coefficient (Wildman–Crippen LogP) is 1.46. The van der Waals surface area contributed by atoms with E-state index in [1.807, 2.05) is 6.92 Å².